The summed E-state index contributed by atoms with van der Waals surface area (Å²) in [5.41, 5.74) is 0. The Bertz CT molecular complexity index is 184. The molecule has 2 unspecified atom stereocenters. The van der Waals surface area contributed by atoms with E-state index in [0.29, 0.717) is 0 Å². The molecule has 3 nitrogen and oxygen atoms in total. The second kappa shape index (κ2) is 5.18. The van der Waals surface area contributed by atoms with E-state index in [4.69, 9.17) is 5.11 Å². The molecule has 0 aliphatic heterocycles. The highest BCUT2D eigenvalue weighted by Crippen LogP contribution is 2.06. The molecule has 12 heavy (non-hydrogen) atoms. The third kappa shape index (κ3) is 3.75. The van der Waals surface area contributed by atoms with E-state index in [1.807, 2.05) is 0 Å². The lowest BCUT2D eigenvalue weighted by Crippen LogP contribution is -2.28. The summed E-state index contributed by atoms with van der Waals surface area (Å²) in [6.45, 7) is 1.50. The number of carbonyl (C=O) groups is 1. The summed E-state index contributed by atoms with van der Waals surface area (Å²) < 4.78 is 34.2. The molecular formula is C6H10F2O3S. The van der Waals surface area contributed by atoms with Crippen molar-refractivity contribution in [2.24, 2.45) is 0 Å². The number of carboxylic acid groups (broad SMARTS) is 1. The fourth-order valence-electron chi connectivity index (χ4n) is 0.713. The topological polar surface area (TPSA) is 54.4 Å². The third-order valence-electron chi connectivity index (χ3n) is 1.25. The van der Waals surface area contributed by atoms with E-state index in [2.05, 4.69) is 0 Å². The van der Waals surface area contributed by atoms with Crippen LogP contribution in [0.15, 0.2) is 0 Å². The number of rotatable bonds is 5. The van der Waals surface area contributed by atoms with Crippen LogP contribution in [0.5, 0.6) is 0 Å². The number of hydrogen-bond acceptors (Lipinski definition) is 2. The Kier molecular flexibility index (Phi) is 4.96. The van der Waals surface area contributed by atoms with Gasteiger partial charge in [-0.3, -0.25) is 9.00 Å². The first-order chi connectivity index (χ1) is 5.49. The minimum atomic E-state index is -2.71. The smallest absolute Gasteiger partial charge is 0.319 e. The van der Waals surface area contributed by atoms with E-state index in [0.717, 1.165) is 0 Å². The van der Waals surface area contributed by atoms with Crippen LogP contribution < -0.4 is 0 Å². The molecule has 0 amide bonds. The Hall–Kier alpha value is -0.520. The molecule has 1 N–H and O–H groups in total. The Balaban J connectivity index is 4.13. The van der Waals surface area contributed by atoms with Gasteiger partial charge in [-0.15, -0.1) is 0 Å². The van der Waals surface area contributed by atoms with Crippen LogP contribution in [0.4, 0.5) is 8.78 Å². The van der Waals surface area contributed by atoms with Gasteiger partial charge in [0.15, 0.2) is 0 Å². The van der Waals surface area contributed by atoms with Crippen molar-refractivity contribution >= 4 is 16.8 Å². The molecule has 0 aromatic rings. The Morgan fingerprint density at radius 3 is 2.33 bits per heavy atom. The van der Waals surface area contributed by atoms with Gasteiger partial charge in [0.25, 0.3) is 0 Å². The molecule has 0 saturated heterocycles. The van der Waals surface area contributed by atoms with Crippen LogP contribution in [0.2, 0.25) is 0 Å². The van der Waals surface area contributed by atoms with Crippen LogP contribution in [0, 0.1) is 0 Å². The summed E-state index contributed by atoms with van der Waals surface area (Å²) in [5.74, 6) is -2.14. The second-order valence-corrected chi connectivity index (χ2v) is 3.84. The summed E-state index contributed by atoms with van der Waals surface area (Å²) in [6.07, 6.45) is -2.60. The maximum atomic E-state index is 11.7. The zero-order valence-electron chi connectivity index (χ0n) is 6.50. The minimum absolute atomic E-state index is 0.106. The standard InChI is InChI=1S/C6H10F2O3S/c1-2-4(6(9)10)12(11)3-5(7)8/h4-5H,2-3H2,1H3,(H,9,10). The number of hydrogen-bond donors (Lipinski definition) is 1. The number of aliphatic carboxylic acids is 1. The largest absolute Gasteiger partial charge is 0.480 e. The Morgan fingerprint density at radius 1 is 1.58 bits per heavy atom. The molecule has 72 valence electrons. The maximum absolute atomic E-state index is 11.7. The highest BCUT2D eigenvalue weighted by atomic mass is 32.2. The molecule has 0 spiro atoms. The average molecular weight is 200 g/mol. The fraction of sp³-hybridized carbons (Fsp3) is 0.833. The van der Waals surface area contributed by atoms with Crippen molar-refractivity contribution < 1.29 is 22.9 Å². The van der Waals surface area contributed by atoms with Gasteiger partial charge < -0.3 is 5.11 Å². The lowest BCUT2D eigenvalue weighted by atomic mass is 10.3. The molecule has 0 aromatic carbocycles. The van der Waals surface area contributed by atoms with E-state index in [1.165, 1.54) is 6.92 Å². The van der Waals surface area contributed by atoms with Crippen molar-refractivity contribution in [2.45, 2.75) is 25.0 Å². The molecular weight excluding hydrogens is 190 g/mol. The molecule has 0 saturated carbocycles. The number of alkyl halides is 2. The predicted octanol–water partition coefficient (Wildman–Crippen LogP) is 0.863. The molecule has 0 heterocycles. The molecule has 6 heteroatoms. The monoisotopic (exact) mass is 200 g/mol. The molecule has 0 aliphatic carbocycles. The van der Waals surface area contributed by atoms with E-state index in [-0.39, 0.29) is 6.42 Å². The van der Waals surface area contributed by atoms with E-state index < -0.39 is 34.2 Å². The summed E-state index contributed by atoms with van der Waals surface area (Å²) >= 11 is 0. The van der Waals surface area contributed by atoms with Gasteiger partial charge in [0.1, 0.15) is 5.25 Å². The molecule has 0 rings (SSSR count). The van der Waals surface area contributed by atoms with Crippen molar-refractivity contribution in [3.05, 3.63) is 0 Å². The highest BCUT2D eigenvalue weighted by Gasteiger charge is 2.24. The van der Waals surface area contributed by atoms with Gasteiger partial charge >= 0.3 is 5.97 Å². The van der Waals surface area contributed by atoms with Crippen molar-refractivity contribution in [1.82, 2.24) is 0 Å². The number of carboxylic acids is 1. The molecule has 0 bridgehead atoms. The van der Waals surface area contributed by atoms with Gasteiger partial charge in [-0.2, -0.15) is 0 Å². The Labute approximate surface area is 71.2 Å². The SMILES string of the molecule is CCC(C(=O)O)S(=O)CC(F)F. The highest BCUT2D eigenvalue weighted by molar-refractivity contribution is 7.86. The summed E-state index contributed by atoms with van der Waals surface area (Å²) in [6, 6.07) is 0. The zero-order valence-corrected chi connectivity index (χ0v) is 7.31. The van der Waals surface area contributed by atoms with Gasteiger partial charge in [0, 0.05) is 10.8 Å². The first-order valence-corrected chi connectivity index (χ1v) is 4.75. The summed E-state index contributed by atoms with van der Waals surface area (Å²) in [4.78, 5) is 10.3. The van der Waals surface area contributed by atoms with Crippen molar-refractivity contribution in [3.63, 3.8) is 0 Å². The van der Waals surface area contributed by atoms with Crippen molar-refractivity contribution in [3.8, 4) is 0 Å². The lowest BCUT2D eigenvalue weighted by molar-refractivity contribution is -0.136. The molecule has 0 radical (unpaired) electrons. The van der Waals surface area contributed by atoms with Gasteiger partial charge in [0.2, 0.25) is 6.43 Å². The van der Waals surface area contributed by atoms with Gasteiger partial charge in [-0.1, -0.05) is 6.92 Å². The summed E-state index contributed by atoms with van der Waals surface area (Å²) in [5, 5.41) is 7.25. The molecule has 0 aliphatic rings. The average Bonchev–Trinajstić information content (AvgIpc) is 1.85. The van der Waals surface area contributed by atoms with E-state index in [1.54, 1.807) is 0 Å². The van der Waals surface area contributed by atoms with Crippen LogP contribution in [0.25, 0.3) is 0 Å². The first-order valence-electron chi connectivity index (χ1n) is 3.37. The van der Waals surface area contributed by atoms with Crippen LogP contribution in [-0.4, -0.2) is 32.7 Å². The maximum Gasteiger partial charge on any atom is 0.319 e. The molecule has 0 fully saturated rings. The van der Waals surface area contributed by atoms with E-state index in [9.17, 15) is 17.8 Å². The Morgan fingerprint density at radius 2 is 2.08 bits per heavy atom. The van der Waals surface area contributed by atoms with Crippen LogP contribution >= 0.6 is 0 Å². The van der Waals surface area contributed by atoms with Crippen LogP contribution in [0.1, 0.15) is 13.3 Å². The van der Waals surface area contributed by atoms with Gasteiger partial charge in [-0.05, 0) is 6.42 Å². The fourth-order valence-corrected chi connectivity index (χ4v) is 1.79. The molecule has 0 aromatic heterocycles. The second-order valence-electron chi connectivity index (χ2n) is 2.17. The van der Waals surface area contributed by atoms with Gasteiger partial charge in [-0.25, -0.2) is 8.78 Å². The first kappa shape index (κ1) is 11.5. The number of halogens is 2. The van der Waals surface area contributed by atoms with Gasteiger partial charge in [0.05, 0.1) is 5.75 Å². The summed E-state index contributed by atoms with van der Waals surface area (Å²) in [7, 11) is -1.97. The van der Waals surface area contributed by atoms with E-state index >= 15 is 0 Å². The normalized spacial score (nSPS) is 16.0. The van der Waals surface area contributed by atoms with Crippen molar-refractivity contribution in [1.29, 1.82) is 0 Å². The predicted molar refractivity (Wildman–Crippen MR) is 40.7 cm³/mol. The lowest BCUT2D eigenvalue weighted by Gasteiger charge is -2.08. The molecule has 2 atom stereocenters. The quantitative estimate of drug-likeness (QED) is 0.716. The van der Waals surface area contributed by atoms with Crippen molar-refractivity contribution in [2.75, 3.05) is 5.75 Å². The third-order valence-corrected chi connectivity index (χ3v) is 3.00. The van der Waals surface area contributed by atoms with Crippen LogP contribution in [0.3, 0.4) is 0 Å². The van der Waals surface area contributed by atoms with Crippen LogP contribution in [-0.2, 0) is 15.6 Å². The zero-order chi connectivity index (χ0) is 9.72. The minimum Gasteiger partial charge on any atom is -0.480 e.